The van der Waals surface area contributed by atoms with Crippen molar-refractivity contribution in [2.24, 2.45) is 11.7 Å². The van der Waals surface area contributed by atoms with Crippen molar-refractivity contribution in [2.45, 2.75) is 31.7 Å². The maximum atomic E-state index is 12.1. The van der Waals surface area contributed by atoms with Crippen molar-refractivity contribution < 1.29 is 9.90 Å². The van der Waals surface area contributed by atoms with Gasteiger partial charge in [-0.25, -0.2) is 0 Å². The number of aromatic hydroxyl groups is 1. The normalized spacial score (nSPS) is 16.7. The first-order valence-corrected chi connectivity index (χ1v) is 6.84. The van der Waals surface area contributed by atoms with Gasteiger partial charge in [-0.05, 0) is 42.9 Å². The van der Waals surface area contributed by atoms with Crippen LogP contribution in [0, 0.1) is 5.92 Å². The number of rotatable bonds is 5. The van der Waals surface area contributed by atoms with Crippen LogP contribution in [-0.4, -0.2) is 35.5 Å². The fourth-order valence-corrected chi connectivity index (χ4v) is 2.41. The quantitative estimate of drug-likeness (QED) is 0.845. The molecule has 0 radical (unpaired) electrons. The second-order valence-corrected chi connectivity index (χ2v) is 5.49. The van der Waals surface area contributed by atoms with E-state index in [9.17, 15) is 9.90 Å². The van der Waals surface area contributed by atoms with Crippen molar-refractivity contribution in [1.29, 1.82) is 0 Å². The highest BCUT2D eigenvalue weighted by Crippen LogP contribution is 2.26. The first kappa shape index (κ1) is 13.9. The van der Waals surface area contributed by atoms with Crippen molar-refractivity contribution in [3.63, 3.8) is 0 Å². The number of phenolic OH excluding ortho intramolecular Hbond substituents is 1. The molecule has 2 rings (SSSR count). The van der Waals surface area contributed by atoms with Crippen LogP contribution in [0.25, 0.3) is 0 Å². The number of carbonyl (C=O) groups excluding carboxylic acids is 1. The van der Waals surface area contributed by atoms with Crippen molar-refractivity contribution >= 4 is 5.91 Å². The molecule has 0 saturated heterocycles. The Morgan fingerprint density at radius 1 is 1.42 bits per heavy atom. The summed E-state index contributed by atoms with van der Waals surface area (Å²) < 4.78 is 0. The highest BCUT2D eigenvalue weighted by Gasteiger charge is 2.24. The van der Waals surface area contributed by atoms with Gasteiger partial charge in [0, 0.05) is 13.6 Å². The molecular weight excluding hydrogens is 240 g/mol. The lowest BCUT2D eigenvalue weighted by atomic mass is 9.85. The lowest BCUT2D eigenvalue weighted by molar-refractivity contribution is -0.132. The van der Waals surface area contributed by atoms with E-state index in [4.69, 9.17) is 5.73 Å². The molecule has 3 N–H and O–H groups in total. The molecule has 1 amide bonds. The highest BCUT2D eigenvalue weighted by molar-refractivity contribution is 5.81. The number of amides is 1. The summed E-state index contributed by atoms with van der Waals surface area (Å²) in [6.07, 6.45) is 4.25. The Hall–Kier alpha value is -1.55. The molecule has 0 aliphatic heterocycles. The zero-order valence-electron chi connectivity index (χ0n) is 11.4. The van der Waals surface area contributed by atoms with Crippen LogP contribution in [0.2, 0.25) is 0 Å². The van der Waals surface area contributed by atoms with Crippen LogP contribution in [0.4, 0.5) is 0 Å². The van der Waals surface area contributed by atoms with Crippen LogP contribution < -0.4 is 5.73 Å². The summed E-state index contributed by atoms with van der Waals surface area (Å²) in [7, 11) is 1.83. The molecule has 0 spiro atoms. The summed E-state index contributed by atoms with van der Waals surface area (Å²) in [4.78, 5) is 13.9. The van der Waals surface area contributed by atoms with E-state index < -0.39 is 6.04 Å². The molecule has 1 aromatic carbocycles. The van der Waals surface area contributed by atoms with Gasteiger partial charge in [0.25, 0.3) is 0 Å². The Morgan fingerprint density at radius 3 is 2.58 bits per heavy atom. The minimum Gasteiger partial charge on any atom is -0.508 e. The summed E-state index contributed by atoms with van der Waals surface area (Å²) in [5.41, 5.74) is 6.94. The molecule has 1 fully saturated rings. The number of carbonyl (C=O) groups is 1. The monoisotopic (exact) mass is 262 g/mol. The summed E-state index contributed by atoms with van der Waals surface area (Å²) in [6.45, 7) is 0.822. The Balaban J connectivity index is 1.85. The van der Waals surface area contributed by atoms with Crippen molar-refractivity contribution in [3.05, 3.63) is 29.8 Å². The fraction of sp³-hybridized carbons (Fsp3) is 0.533. The first-order valence-electron chi connectivity index (χ1n) is 6.84. The zero-order chi connectivity index (χ0) is 13.8. The maximum absolute atomic E-state index is 12.1. The zero-order valence-corrected chi connectivity index (χ0v) is 11.4. The number of hydrogen-bond donors (Lipinski definition) is 2. The molecule has 1 aliphatic carbocycles. The van der Waals surface area contributed by atoms with Gasteiger partial charge in [-0.3, -0.25) is 4.79 Å². The van der Waals surface area contributed by atoms with Crippen molar-refractivity contribution in [1.82, 2.24) is 4.90 Å². The standard InChI is InChI=1S/C15H22N2O2/c1-17(10-12-3-2-4-12)15(19)14(16)9-11-5-7-13(18)8-6-11/h5-8,12,14,18H,2-4,9-10,16H2,1H3. The van der Waals surface area contributed by atoms with Gasteiger partial charge in [-0.15, -0.1) is 0 Å². The number of phenols is 1. The Kier molecular flexibility index (Phi) is 4.43. The van der Waals surface area contributed by atoms with Crippen LogP contribution in [0.15, 0.2) is 24.3 Å². The average Bonchev–Trinajstić information content (AvgIpc) is 2.35. The predicted octanol–water partition coefficient (Wildman–Crippen LogP) is 1.52. The number of nitrogens with two attached hydrogens (primary N) is 1. The van der Waals surface area contributed by atoms with E-state index in [2.05, 4.69) is 0 Å². The summed E-state index contributed by atoms with van der Waals surface area (Å²) in [6, 6.07) is 6.33. The third-order valence-electron chi connectivity index (χ3n) is 3.84. The summed E-state index contributed by atoms with van der Waals surface area (Å²) in [5, 5.41) is 9.21. The fourth-order valence-electron chi connectivity index (χ4n) is 2.41. The largest absolute Gasteiger partial charge is 0.508 e. The topological polar surface area (TPSA) is 66.6 Å². The second-order valence-electron chi connectivity index (χ2n) is 5.49. The molecule has 19 heavy (non-hydrogen) atoms. The van der Waals surface area contributed by atoms with Crippen LogP contribution in [-0.2, 0) is 11.2 Å². The smallest absolute Gasteiger partial charge is 0.239 e. The van der Waals surface area contributed by atoms with E-state index in [1.165, 1.54) is 19.3 Å². The third-order valence-corrected chi connectivity index (χ3v) is 3.84. The van der Waals surface area contributed by atoms with E-state index in [0.29, 0.717) is 12.3 Å². The molecule has 1 atom stereocenters. The number of benzene rings is 1. The van der Waals surface area contributed by atoms with E-state index in [0.717, 1.165) is 12.1 Å². The van der Waals surface area contributed by atoms with Crippen LogP contribution >= 0.6 is 0 Å². The molecular formula is C15H22N2O2. The predicted molar refractivity (Wildman–Crippen MR) is 74.8 cm³/mol. The Labute approximate surface area is 114 Å². The summed E-state index contributed by atoms with van der Waals surface area (Å²) in [5.74, 6) is 0.889. The molecule has 1 unspecified atom stereocenters. The van der Waals surface area contributed by atoms with Gasteiger partial charge >= 0.3 is 0 Å². The lowest BCUT2D eigenvalue weighted by Gasteiger charge is -2.31. The minimum absolute atomic E-state index is 0.0000231. The molecule has 4 nitrogen and oxygen atoms in total. The summed E-state index contributed by atoms with van der Waals surface area (Å²) >= 11 is 0. The number of nitrogens with zero attached hydrogens (tertiary/aromatic N) is 1. The highest BCUT2D eigenvalue weighted by atomic mass is 16.3. The van der Waals surface area contributed by atoms with Crippen LogP contribution in [0.3, 0.4) is 0 Å². The molecule has 1 saturated carbocycles. The van der Waals surface area contributed by atoms with E-state index in [1.54, 1.807) is 29.2 Å². The SMILES string of the molecule is CN(CC1CCC1)C(=O)C(N)Cc1ccc(O)cc1. The first-order chi connectivity index (χ1) is 9.06. The third kappa shape index (κ3) is 3.70. The Bertz CT molecular complexity index is 426. The van der Waals surface area contributed by atoms with Gasteiger partial charge in [-0.2, -0.15) is 0 Å². The van der Waals surface area contributed by atoms with Gasteiger partial charge in [0.15, 0.2) is 0 Å². The Morgan fingerprint density at radius 2 is 2.05 bits per heavy atom. The molecule has 0 heterocycles. The molecule has 1 aliphatic rings. The van der Waals surface area contributed by atoms with Gasteiger partial charge in [0.1, 0.15) is 5.75 Å². The van der Waals surface area contributed by atoms with E-state index in [-0.39, 0.29) is 11.7 Å². The molecule has 0 bridgehead atoms. The molecule has 0 aromatic heterocycles. The number of hydrogen-bond acceptors (Lipinski definition) is 3. The molecule has 104 valence electrons. The maximum Gasteiger partial charge on any atom is 0.239 e. The van der Waals surface area contributed by atoms with Gasteiger partial charge in [-0.1, -0.05) is 18.6 Å². The van der Waals surface area contributed by atoms with Crippen LogP contribution in [0.1, 0.15) is 24.8 Å². The molecule has 4 heteroatoms. The average molecular weight is 262 g/mol. The number of likely N-dealkylation sites (N-methyl/N-ethyl adjacent to an activating group) is 1. The van der Waals surface area contributed by atoms with Crippen molar-refractivity contribution in [2.75, 3.05) is 13.6 Å². The van der Waals surface area contributed by atoms with E-state index in [1.807, 2.05) is 7.05 Å². The van der Waals surface area contributed by atoms with Crippen molar-refractivity contribution in [3.8, 4) is 5.75 Å². The lowest BCUT2D eigenvalue weighted by Crippen LogP contribution is -2.45. The van der Waals surface area contributed by atoms with Crippen LogP contribution in [0.5, 0.6) is 5.75 Å². The van der Waals surface area contributed by atoms with Gasteiger partial charge in [0.2, 0.25) is 5.91 Å². The van der Waals surface area contributed by atoms with Gasteiger partial charge in [0.05, 0.1) is 6.04 Å². The van der Waals surface area contributed by atoms with E-state index >= 15 is 0 Å². The molecule has 1 aromatic rings. The minimum atomic E-state index is -0.505. The second kappa shape index (κ2) is 6.06. The van der Waals surface area contributed by atoms with Gasteiger partial charge < -0.3 is 15.7 Å².